The van der Waals surface area contributed by atoms with Gasteiger partial charge in [0.05, 0.1) is 27.7 Å². The van der Waals surface area contributed by atoms with Crippen molar-refractivity contribution >= 4 is 27.5 Å². The van der Waals surface area contributed by atoms with Crippen molar-refractivity contribution in [3.8, 4) is 5.75 Å². The molecule has 0 bridgehead atoms. The number of thiazole rings is 1. The van der Waals surface area contributed by atoms with E-state index in [1.165, 1.54) is 12.1 Å². The Bertz CT molecular complexity index is 1050. The lowest BCUT2D eigenvalue weighted by atomic mass is 9.79. The maximum atomic E-state index is 14.0. The monoisotopic (exact) mass is 427 g/mol. The van der Waals surface area contributed by atoms with Crippen LogP contribution in [0.15, 0.2) is 36.4 Å². The molecule has 0 amide bonds. The smallest absolute Gasteiger partial charge is 0.309 e. The Hall–Kier alpha value is -2.51. The van der Waals surface area contributed by atoms with E-state index in [2.05, 4.69) is 6.07 Å². The predicted molar refractivity (Wildman–Crippen MR) is 111 cm³/mol. The van der Waals surface area contributed by atoms with Gasteiger partial charge in [-0.1, -0.05) is 25.0 Å². The Labute approximate surface area is 177 Å². The van der Waals surface area contributed by atoms with Crippen LogP contribution in [-0.2, 0) is 27.5 Å². The fourth-order valence-electron chi connectivity index (χ4n) is 4.38. The van der Waals surface area contributed by atoms with Crippen LogP contribution in [0.25, 0.3) is 10.2 Å². The number of esters is 1. The molecule has 1 aliphatic heterocycles. The number of ether oxygens (including phenoxy) is 3. The molecule has 5 nitrogen and oxygen atoms in total. The molecule has 2 heterocycles. The highest BCUT2D eigenvalue weighted by atomic mass is 32.1. The number of rotatable bonds is 4. The van der Waals surface area contributed by atoms with Gasteiger partial charge >= 0.3 is 5.97 Å². The van der Waals surface area contributed by atoms with Crippen molar-refractivity contribution in [2.45, 2.75) is 44.8 Å². The normalized spacial score (nSPS) is 21.1. The molecule has 1 fully saturated rings. The first-order valence-electron chi connectivity index (χ1n) is 10.2. The topological polar surface area (TPSA) is 57.7 Å². The summed E-state index contributed by atoms with van der Waals surface area (Å²) >= 11 is 1.66. The molecule has 0 N–H and O–H groups in total. The van der Waals surface area contributed by atoms with Crippen LogP contribution in [0.4, 0.5) is 4.39 Å². The molecular weight excluding hydrogens is 405 g/mol. The highest BCUT2D eigenvalue weighted by Crippen LogP contribution is 2.41. The molecule has 0 saturated heterocycles. The van der Waals surface area contributed by atoms with Crippen LogP contribution in [-0.4, -0.2) is 17.7 Å². The number of benzene rings is 2. The lowest BCUT2D eigenvalue weighted by Gasteiger charge is -2.28. The predicted octanol–water partition coefficient (Wildman–Crippen LogP) is 5.32. The van der Waals surface area contributed by atoms with E-state index in [1.807, 2.05) is 18.2 Å². The van der Waals surface area contributed by atoms with E-state index >= 15 is 0 Å². The minimum Gasteiger partial charge on any atom is -0.467 e. The molecule has 3 aromatic rings. The first kappa shape index (κ1) is 19.5. The second-order valence-corrected chi connectivity index (χ2v) is 8.85. The first-order chi connectivity index (χ1) is 14.7. The molecule has 156 valence electrons. The van der Waals surface area contributed by atoms with Gasteiger partial charge < -0.3 is 14.2 Å². The summed E-state index contributed by atoms with van der Waals surface area (Å²) in [5.41, 5.74) is 2.15. The maximum Gasteiger partial charge on any atom is 0.309 e. The van der Waals surface area contributed by atoms with Crippen molar-refractivity contribution in [1.82, 2.24) is 4.98 Å². The van der Waals surface area contributed by atoms with E-state index in [4.69, 9.17) is 19.2 Å². The SMILES string of the molecule is O=C(OCc1cc(F)cc2c1OCOC2)[C@@H]1CCCC[C@H]1c1nc2ccccc2s1. The van der Waals surface area contributed by atoms with Crippen LogP contribution in [0, 0.1) is 11.7 Å². The highest BCUT2D eigenvalue weighted by molar-refractivity contribution is 7.18. The summed E-state index contributed by atoms with van der Waals surface area (Å²) in [6, 6.07) is 10.8. The van der Waals surface area contributed by atoms with E-state index in [0.717, 1.165) is 40.9 Å². The number of aromatic nitrogens is 1. The van der Waals surface area contributed by atoms with Crippen molar-refractivity contribution in [2.75, 3.05) is 6.79 Å². The maximum absolute atomic E-state index is 14.0. The zero-order valence-electron chi connectivity index (χ0n) is 16.4. The third-order valence-electron chi connectivity index (χ3n) is 5.82. The Morgan fingerprint density at radius 1 is 1.23 bits per heavy atom. The average Bonchev–Trinajstić information content (AvgIpc) is 3.21. The number of fused-ring (bicyclic) bond motifs is 2. The second kappa shape index (κ2) is 8.32. The van der Waals surface area contributed by atoms with Crippen LogP contribution in [0.3, 0.4) is 0 Å². The van der Waals surface area contributed by atoms with Gasteiger partial charge in [0, 0.05) is 17.0 Å². The molecular formula is C23H22FNO4S. The van der Waals surface area contributed by atoms with Crippen molar-refractivity contribution in [3.63, 3.8) is 0 Å². The standard InChI is InChI=1S/C23H22FNO4S/c24-16-9-14-11-27-13-29-21(14)15(10-16)12-28-23(26)18-6-2-1-5-17(18)22-25-19-7-3-4-8-20(19)30-22/h3-4,7-10,17-18H,1-2,5-6,11-13H2/t17-,18-/m1/s1. The molecule has 0 radical (unpaired) electrons. The van der Waals surface area contributed by atoms with Gasteiger partial charge in [-0.05, 0) is 37.1 Å². The average molecular weight is 427 g/mol. The molecule has 2 aromatic carbocycles. The van der Waals surface area contributed by atoms with Crippen LogP contribution >= 0.6 is 11.3 Å². The number of halogens is 1. The summed E-state index contributed by atoms with van der Waals surface area (Å²) < 4.78 is 31.5. The Morgan fingerprint density at radius 3 is 3.00 bits per heavy atom. The molecule has 30 heavy (non-hydrogen) atoms. The van der Waals surface area contributed by atoms with Crippen LogP contribution in [0.1, 0.15) is 47.7 Å². The molecule has 7 heteroatoms. The number of para-hydroxylation sites is 1. The summed E-state index contributed by atoms with van der Waals surface area (Å²) in [5.74, 6) is -0.243. The molecule has 2 aliphatic rings. The van der Waals surface area contributed by atoms with Gasteiger partial charge in [0.2, 0.25) is 0 Å². The molecule has 0 spiro atoms. The van der Waals surface area contributed by atoms with E-state index in [0.29, 0.717) is 16.9 Å². The zero-order valence-corrected chi connectivity index (χ0v) is 17.3. The summed E-state index contributed by atoms with van der Waals surface area (Å²) in [4.78, 5) is 17.8. The van der Waals surface area contributed by atoms with Gasteiger partial charge in [0.1, 0.15) is 18.2 Å². The van der Waals surface area contributed by atoms with Gasteiger partial charge in [0.15, 0.2) is 6.79 Å². The lowest BCUT2D eigenvalue weighted by molar-refractivity contribution is -0.151. The third-order valence-corrected chi connectivity index (χ3v) is 6.99. The second-order valence-electron chi connectivity index (χ2n) is 7.79. The van der Waals surface area contributed by atoms with Crippen LogP contribution in [0.2, 0.25) is 0 Å². The van der Waals surface area contributed by atoms with E-state index in [-0.39, 0.29) is 43.6 Å². The quantitative estimate of drug-likeness (QED) is 0.528. The van der Waals surface area contributed by atoms with Crippen LogP contribution in [0.5, 0.6) is 5.75 Å². The number of hydrogen-bond donors (Lipinski definition) is 0. The highest BCUT2D eigenvalue weighted by Gasteiger charge is 2.35. The lowest BCUT2D eigenvalue weighted by Crippen LogP contribution is -2.27. The molecule has 5 rings (SSSR count). The van der Waals surface area contributed by atoms with Gasteiger partial charge in [-0.3, -0.25) is 4.79 Å². The molecule has 1 saturated carbocycles. The van der Waals surface area contributed by atoms with Crippen LogP contribution < -0.4 is 4.74 Å². The summed E-state index contributed by atoms with van der Waals surface area (Å²) in [7, 11) is 0. The van der Waals surface area contributed by atoms with E-state index < -0.39 is 0 Å². The van der Waals surface area contributed by atoms with E-state index in [9.17, 15) is 9.18 Å². The molecule has 2 atom stereocenters. The van der Waals surface area contributed by atoms with E-state index in [1.54, 1.807) is 11.3 Å². The summed E-state index contributed by atoms with van der Waals surface area (Å²) in [6.45, 7) is 0.389. The van der Waals surface area contributed by atoms with Crippen molar-refractivity contribution in [3.05, 3.63) is 58.3 Å². The van der Waals surface area contributed by atoms with Gasteiger partial charge in [-0.25, -0.2) is 9.37 Å². The zero-order chi connectivity index (χ0) is 20.5. The number of nitrogens with zero attached hydrogens (tertiary/aromatic N) is 1. The van der Waals surface area contributed by atoms with Gasteiger partial charge in [-0.15, -0.1) is 11.3 Å². The van der Waals surface area contributed by atoms with Gasteiger partial charge in [0.25, 0.3) is 0 Å². The summed E-state index contributed by atoms with van der Waals surface area (Å²) in [5, 5.41) is 1.00. The Morgan fingerprint density at radius 2 is 2.10 bits per heavy atom. The fraction of sp³-hybridized carbons (Fsp3) is 0.391. The Kier molecular flexibility index (Phi) is 5.39. The summed E-state index contributed by atoms with van der Waals surface area (Å²) in [6.07, 6.45) is 3.78. The molecule has 1 aliphatic carbocycles. The largest absolute Gasteiger partial charge is 0.467 e. The minimum absolute atomic E-state index is 0.0119. The number of carbonyl (C=O) groups excluding carboxylic acids is 1. The number of hydrogen-bond acceptors (Lipinski definition) is 6. The van der Waals surface area contributed by atoms with Crippen molar-refractivity contribution < 1.29 is 23.4 Å². The Balaban J connectivity index is 1.34. The van der Waals surface area contributed by atoms with Gasteiger partial charge in [-0.2, -0.15) is 0 Å². The minimum atomic E-state index is -0.390. The fourth-order valence-corrected chi connectivity index (χ4v) is 5.54. The third kappa shape index (κ3) is 3.79. The number of carbonyl (C=O) groups is 1. The first-order valence-corrected chi connectivity index (χ1v) is 11.0. The van der Waals surface area contributed by atoms with Crippen molar-refractivity contribution in [1.29, 1.82) is 0 Å². The van der Waals surface area contributed by atoms with Crippen molar-refractivity contribution in [2.24, 2.45) is 5.92 Å². The molecule has 1 aromatic heterocycles. The molecule has 0 unspecified atom stereocenters.